The lowest BCUT2D eigenvalue weighted by Crippen LogP contribution is -2.18. The molecule has 0 fully saturated rings. The van der Waals surface area contributed by atoms with Gasteiger partial charge in [0.25, 0.3) is 5.17 Å². The van der Waals surface area contributed by atoms with E-state index >= 15 is 0 Å². The number of hydrogen-bond donors (Lipinski definition) is 1. The third-order valence-corrected chi connectivity index (χ3v) is 2.19. The van der Waals surface area contributed by atoms with Crippen LogP contribution < -0.4 is 5.32 Å². The molecule has 2 rings (SSSR count). The largest absolute Gasteiger partial charge is 0.330 e. The molecular weight excluding hydrogens is 192 g/mol. The normalized spacial score (nSPS) is 14.7. The molecule has 1 aliphatic rings. The highest BCUT2D eigenvalue weighted by Gasteiger charge is 2.24. The molecule has 1 N–H and O–H groups in total. The van der Waals surface area contributed by atoms with E-state index in [4.69, 9.17) is 4.55 Å². The standard InChI is InChI=1S/C7H5N2O3S/c10-13(11,12)7-8-5-3-1-2-4-6(5)9-7/h1-4H,(H,10,11,12). The fraction of sp³-hybridized carbons (Fsp3) is 0. The summed E-state index contributed by atoms with van der Waals surface area (Å²) in [5.41, 5.74) is 0.908. The minimum Gasteiger partial charge on any atom is -0.279 e. The van der Waals surface area contributed by atoms with Crippen molar-refractivity contribution in [3.05, 3.63) is 24.3 Å². The van der Waals surface area contributed by atoms with Crippen molar-refractivity contribution in [2.75, 3.05) is 0 Å². The summed E-state index contributed by atoms with van der Waals surface area (Å²) in [7, 11) is -4.29. The van der Waals surface area contributed by atoms with Gasteiger partial charge in [0.1, 0.15) is 0 Å². The van der Waals surface area contributed by atoms with Gasteiger partial charge < -0.3 is 0 Å². The molecule has 0 saturated carbocycles. The Kier molecular flexibility index (Phi) is 1.61. The fourth-order valence-corrected chi connectivity index (χ4v) is 1.43. The number of fused-ring (bicyclic) bond motifs is 1. The van der Waals surface area contributed by atoms with Crippen LogP contribution in [0.3, 0.4) is 0 Å². The molecule has 0 amide bonds. The molecule has 1 aromatic rings. The van der Waals surface area contributed by atoms with Crippen LogP contribution in [0.15, 0.2) is 29.3 Å². The van der Waals surface area contributed by atoms with Crippen LogP contribution in [-0.4, -0.2) is 18.1 Å². The molecule has 1 aromatic carbocycles. The maximum absolute atomic E-state index is 10.6. The van der Waals surface area contributed by atoms with Crippen LogP contribution in [0.4, 0.5) is 11.4 Å². The molecule has 6 heteroatoms. The molecule has 0 bridgehead atoms. The Morgan fingerprint density at radius 1 is 1.15 bits per heavy atom. The number of benzene rings is 1. The number of para-hydroxylation sites is 2. The van der Waals surface area contributed by atoms with Crippen molar-refractivity contribution in [3.8, 4) is 0 Å². The van der Waals surface area contributed by atoms with Crippen molar-refractivity contribution in [3.63, 3.8) is 0 Å². The van der Waals surface area contributed by atoms with Crippen molar-refractivity contribution >= 4 is 26.7 Å². The number of hydrogen-bond acceptors (Lipinski definition) is 3. The molecule has 1 radical (unpaired) electrons. The second kappa shape index (κ2) is 2.54. The Hall–Kier alpha value is -1.40. The van der Waals surface area contributed by atoms with Crippen molar-refractivity contribution in [1.29, 1.82) is 0 Å². The highest BCUT2D eigenvalue weighted by molar-refractivity contribution is 8.01. The third kappa shape index (κ3) is 1.41. The molecule has 0 aliphatic carbocycles. The Morgan fingerprint density at radius 2 is 1.77 bits per heavy atom. The average molecular weight is 197 g/mol. The van der Waals surface area contributed by atoms with E-state index in [-0.39, 0.29) is 0 Å². The SMILES string of the molecule is O=S(=O)(O)C1=Nc2ccccc2[N]1. The van der Waals surface area contributed by atoms with E-state index in [0.717, 1.165) is 0 Å². The molecule has 67 valence electrons. The highest BCUT2D eigenvalue weighted by atomic mass is 32.2. The minimum atomic E-state index is -4.29. The van der Waals surface area contributed by atoms with Crippen molar-refractivity contribution < 1.29 is 13.0 Å². The summed E-state index contributed by atoms with van der Waals surface area (Å²) >= 11 is 0. The topological polar surface area (TPSA) is 80.8 Å². The van der Waals surface area contributed by atoms with Gasteiger partial charge >= 0.3 is 10.1 Å². The highest BCUT2D eigenvalue weighted by Crippen LogP contribution is 2.30. The Bertz CT molecular complexity index is 478. The molecule has 1 aliphatic heterocycles. The number of rotatable bonds is 0. The van der Waals surface area contributed by atoms with Crippen molar-refractivity contribution in [2.45, 2.75) is 0 Å². The Balaban J connectivity index is 2.48. The molecule has 1 heterocycles. The van der Waals surface area contributed by atoms with Crippen LogP contribution in [0, 0.1) is 0 Å². The molecule has 0 spiro atoms. The van der Waals surface area contributed by atoms with Crippen LogP contribution in [0.2, 0.25) is 0 Å². The molecular formula is C7H5N2O3S. The smallest absolute Gasteiger partial charge is 0.279 e. The van der Waals surface area contributed by atoms with E-state index in [0.29, 0.717) is 11.4 Å². The van der Waals surface area contributed by atoms with Gasteiger partial charge in [-0.05, 0) is 12.1 Å². The predicted molar refractivity (Wildman–Crippen MR) is 46.9 cm³/mol. The molecule has 0 aromatic heterocycles. The zero-order valence-electron chi connectivity index (χ0n) is 6.38. The summed E-state index contributed by atoms with van der Waals surface area (Å²) in [5, 5.41) is 3.09. The number of nitrogens with zero attached hydrogens (tertiary/aromatic N) is 2. The monoisotopic (exact) mass is 197 g/mol. The van der Waals surface area contributed by atoms with Crippen LogP contribution >= 0.6 is 0 Å². The zero-order valence-corrected chi connectivity index (χ0v) is 7.19. The van der Waals surface area contributed by atoms with E-state index in [1.165, 1.54) is 0 Å². The lowest BCUT2D eigenvalue weighted by molar-refractivity contribution is 0.497. The van der Waals surface area contributed by atoms with Gasteiger partial charge in [-0.25, -0.2) is 10.3 Å². The van der Waals surface area contributed by atoms with E-state index in [9.17, 15) is 8.42 Å². The summed E-state index contributed by atoms with van der Waals surface area (Å²) in [5.74, 6) is 0. The first-order valence-corrected chi connectivity index (χ1v) is 4.88. The van der Waals surface area contributed by atoms with Crippen LogP contribution in [-0.2, 0) is 10.1 Å². The minimum absolute atomic E-state index is 0.454. The fourth-order valence-electron chi connectivity index (χ4n) is 1.000. The Morgan fingerprint density at radius 3 is 2.31 bits per heavy atom. The van der Waals surface area contributed by atoms with E-state index < -0.39 is 15.3 Å². The van der Waals surface area contributed by atoms with Crippen LogP contribution in [0.25, 0.3) is 0 Å². The molecule has 0 atom stereocenters. The quantitative estimate of drug-likeness (QED) is 0.625. The first-order chi connectivity index (χ1) is 6.07. The maximum atomic E-state index is 10.6. The van der Waals surface area contributed by atoms with Gasteiger partial charge in [-0.15, -0.1) is 0 Å². The Labute approximate surface area is 74.9 Å². The first-order valence-electron chi connectivity index (χ1n) is 3.44. The lowest BCUT2D eigenvalue weighted by Gasteiger charge is -1.93. The van der Waals surface area contributed by atoms with Crippen molar-refractivity contribution in [1.82, 2.24) is 5.32 Å². The van der Waals surface area contributed by atoms with Gasteiger partial charge in [0.05, 0.1) is 11.4 Å². The van der Waals surface area contributed by atoms with Gasteiger partial charge in [0.15, 0.2) is 0 Å². The summed E-state index contributed by atoms with van der Waals surface area (Å²) in [6, 6.07) is 6.67. The summed E-state index contributed by atoms with van der Waals surface area (Å²) in [6.07, 6.45) is 0. The van der Waals surface area contributed by atoms with Crippen LogP contribution in [0.5, 0.6) is 0 Å². The number of aliphatic imine (C=N–C) groups is 1. The van der Waals surface area contributed by atoms with Crippen LogP contribution in [0.1, 0.15) is 0 Å². The third-order valence-electron chi connectivity index (χ3n) is 1.54. The summed E-state index contributed by atoms with van der Waals surface area (Å²) < 4.78 is 29.9. The lowest BCUT2D eigenvalue weighted by atomic mass is 10.3. The summed E-state index contributed by atoms with van der Waals surface area (Å²) in [6.45, 7) is 0. The molecule has 0 unspecified atom stereocenters. The van der Waals surface area contributed by atoms with Gasteiger partial charge in [-0.3, -0.25) is 4.55 Å². The summed E-state index contributed by atoms with van der Waals surface area (Å²) in [4.78, 5) is 3.63. The maximum Gasteiger partial charge on any atom is 0.330 e. The second-order valence-electron chi connectivity index (χ2n) is 2.47. The molecule has 13 heavy (non-hydrogen) atoms. The molecule has 0 saturated heterocycles. The number of amidine groups is 1. The van der Waals surface area contributed by atoms with E-state index in [1.807, 2.05) is 0 Å². The van der Waals surface area contributed by atoms with E-state index in [1.54, 1.807) is 24.3 Å². The van der Waals surface area contributed by atoms with E-state index in [2.05, 4.69) is 10.3 Å². The van der Waals surface area contributed by atoms with Crippen molar-refractivity contribution in [2.24, 2.45) is 4.99 Å². The van der Waals surface area contributed by atoms with Gasteiger partial charge in [0, 0.05) is 0 Å². The molecule has 5 nitrogen and oxygen atoms in total. The average Bonchev–Trinajstić information content (AvgIpc) is 2.45. The predicted octanol–water partition coefficient (Wildman–Crippen LogP) is 0.811. The van der Waals surface area contributed by atoms with Gasteiger partial charge in [-0.2, -0.15) is 8.42 Å². The zero-order chi connectivity index (χ0) is 9.47. The second-order valence-corrected chi connectivity index (χ2v) is 3.79. The van der Waals surface area contributed by atoms with Gasteiger partial charge in [-0.1, -0.05) is 12.1 Å². The van der Waals surface area contributed by atoms with Gasteiger partial charge in [0.2, 0.25) is 0 Å². The first kappa shape index (κ1) is 8.21.